The second-order valence-corrected chi connectivity index (χ2v) is 7.98. The van der Waals surface area contributed by atoms with E-state index >= 15 is 0 Å². The molecule has 172 valence electrons. The summed E-state index contributed by atoms with van der Waals surface area (Å²) in [5.41, 5.74) is 5.36. The van der Waals surface area contributed by atoms with Gasteiger partial charge in [-0.3, -0.25) is 9.78 Å². The molecule has 0 unspecified atom stereocenters. The van der Waals surface area contributed by atoms with Crippen molar-refractivity contribution >= 4 is 22.6 Å². The number of carbonyl (C=O) groups excluding carboxylic acids is 2. The number of nitrogens with one attached hydrogen (secondary N) is 2. The van der Waals surface area contributed by atoms with Crippen molar-refractivity contribution in [2.75, 3.05) is 6.54 Å². The van der Waals surface area contributed by atoms with Crippen LogP contribution < -0.4 is 5.32 Å². The van der Waals surface area contributed by atoms with Crippen LogP contribution in [0, 0.1) is 0 Å². The highest BCUT2D eigenvalue weighted by atomic mass is 19.4. The number of H-pyrrole nitrogens is 1. The fourth-order valence-corrected chi connectivity index (χ4v) is 3.98. The van der Waals surface area contributed by atoms with Gasteiger partial charge in [0.2, 0.25) is 0 Å². The lowest BCUT2D eigenvalue weighted by Gasteiger charge is -2.11. The minimum atomic E-state index is -5.01. The number of alkyl halides is 3. The Labute approximate surface area is 191 Å². The molecule has 1 aliphatic rings. The molecule has 6 nitrogen and oxygen atoms in total. The molecular formula is C25H18F3N3O3. The zero-order chi connectivity index (χ0) is 23.9. The van der Waals surface area contributed by atoms with Gasteiger partial charge in [-0.25, -0.2) is 4.79 Å². The highest BCUT2D eigenvalue weighted by Gasteiger charge is 2.40. The third-order valence-electron chi connectivity index (χ3n) is 5.68. The number of ether oxygens (including phenoxy) is 1. The van der Waals surface area contributed by atoms with Crippen LogP contribution in [0.4, 0.5) is 13.2 Å². The number of hydrogen-bond donors (Lipinski definition) is 2. The molecule has 2 aromatic heterocycles. The number of rotatable bonds is 4. The van der Waals surface area contributed by atoms with Crippen molar-refractivity contribution in [2.45, 2.75) is 19.2 Å². The first-order chi connectivity index (χ1) is 16.3. The van der Waals surface area contributed by atoms with Gasteiger partial charge in [-0.1, -0.05) is 24.3 Å². The normalized spacial score (nSPS) is 13.4. The van der Waals surface area contributed by atoms with Gasteiger partial charge in [0.1, 0.15) is 6.61 Å². The van der Waals surface area contributed by atoms with Crippen molar-refractivity contribution in [3.63, 3.8) is 0 Å². The van der Waals surface area contributed by atoms with Gasteiger partial charge >= 0.3 is 12.1 Å². The van der Waals surface area contributed by atoms with Crippen LogP contribution in [0.15, 0.2) is 60.8 Å². The molecule has 9 heteroatoms. The third-order valence-corrected chi connectivity index (χ3v) is 5.68. The van der Waals surface area contributed by atoms with Crippen molar-refractivity contribution < 1.29 is 27.5 Å². The second-order valence-electron chi connectivity index (χ2n) is 7.98. The molecular weight excluding hydrogens is 447 g/mol. The van der Waals surface area contributed by atoms with Crippen molar-refractivity contribution in [1.29, 1.82) is 0 Å². The minimum absolute atomic E-state index is 0.0832. The maximum Gasteiger partial charge on any atom is 0.490 e. The summed E-state index contributed by atoms with van der Waals surface area (Å²) in [6.45, 7) is 0.148. The van der Waals surface area contributed by atoms with Crippen LogP contribution in [0.25, 0.3) is 33.3 Å². The largest absolute Gasteiger partial charge is 0.490 e. The molecule has 0 aliphatic carbocycles. The summed E-state index contributed by atoms with van der Waals surface area (Å²) in [4.78, 5) is 30.8. The Kier molecular flexibility index (Phi) is 5.31. The molecule has 2 aromatic carbocycles. The second kappa shape index (κ2) is 8.33. The number of nitrogens with zero attached hydrogens (tertiary/aromatic N) is 1. The Morgan fingerprint density at radius 2 is 1.79 bits per heavy atom. The molecule has 3 heterocycles. The van der Waals surface area contributed by atoms with Crippen LogP contribution in [0.2, 0.25) is 0 Å². The predicted octanol–water partition coefficient (Wildman–Crippen LogP) is 4.79. The monoisotopic (exact) mass is 465 g/mol. The molecule has 1 amide bonds. The summed E-state index contributed by atoms with van der Waals surface area (Å²) in [5.74, 6) is -2.29. The molecule has 0 radical (unpaired) electrons. The van der Waals surface area contributed by atoms with E-state index in [0.29, 0.717) is 17.7 Å². The van der Waals surface area contributed by atoms with E-state index in [1.165, 1.54) is 0 Å². The van der Waals surface area contributed by atoms with Crippen molar-refractivity contribution in [3.8, 4) is 22.5 Å². The maximum atomic E-state index is 12.3. The van der Waals surface area contributed by atoms with Gasteiger partial charge in [-0.2, -0.15) is 13.2 Å². The summed E-state index contributed by atoms with van der Waals surface area (Å²) in [6.07, 6.45) is -2.56. The summed E-state index contributed by atoms with van der Waals surface area (Å²) >= 11 is 0. The molecule has 34 heavy (non-hydrogen) atoms. The molecule has 1 aliphatic heterocycles. The van der Waals surface area contributed by atoms with Crippen LogP contribution in [0.1, 0.15) is 21.6 Å². The summed E-state index contributed by atoms with van der Waals surface area (Å²) < 4.78 is 41.3. The van der Waals surface area contributed by atoms with E-state index in [9.17, 15) is 22.8 Å². The lowest BCUT2D eigenvalue weighted by Crippen LogP contribution is -2.31. The van der Waals surface area contributed by atoms with E-state index in [1.807, 2.05) is 36.4 Å². The van der Waals surface area contributed by atoms with E-state index in [4.69, 9.17) is 0 Å². The molecule has 4 aromatic rings. The molecule has 0 saturated heterocycles. The standard InChI is InChI=1S/C25H18F3N3O3/c26-25(27,28)24(33)34-13-14-1-2-16-10-17(4-3-15(16)9-14)21-11-18(5-7-29-21)22-12-19-20(31-22)6-8-30-23(19)32/h1-5,7,9-12,31H,6,8,13H2,(H,30,32). The van der Waals surface area contributed by atoms with Crippen LogP contribution in [-0.4, -0.2) is 34.6 Å². The van der Waals surface area contributed by atoms with Gasteiger partial charge in [0, 0.05) is 41.7 Å². The average Bonchev–Trinajstić information content (AvgIpc) is 3.27. The maximum absolute atomic E-state index is 12.3. The SMILES string of the molecule is O=C1NCCc2[nH]c(-c3ccnc(-c4ccc5cc(COC(=O)C(F)(F)F)ccc5c4)c3)cc21. The minimum Gasteiger partial charge on any atom is -0.454 e. The molecule has 0 fully saturated rings. The first kappa shape index (κ1) is 21.7. The average molecular weight is 465 g/mol. The fourth-order valence-electron chi connectivity index (χ4n) is 3.98. The number of pyridine rings is 1. The number of halogens is 3. The molecule has 0 atom stereocenters. The highest BCUT2D eigenvalue weighted by Crippen LogP contribution is 2.29. The van der Waals surface area contributed by atoms with Gasteiger partial charge in [0.05, 0.1) is 11.3 Å². The predicted molar refractivity (Wildman–Crippen MR) is 119 cm³/mol. The van der Waals surface area contributed by atoms with Gasteiger partial charge < -0.3 is 15.0 Å². The first-order valence-corrected chi connectivity index (χ1v) is 10.5. The van der Waals surface area contributed by atoms with Crippen LogP contribution in [0.5, 0.6) is 0 Å². The van der Waals surface area contributed by atoms with Crippen molar-refractivity contribution in [3.05, 3.63) is 77.6 Å². The van der Waals surface area contributed by atoms with Crippen molar-refractivity contribution in [2.24, 2.45) is 0 Å². The molecule has 0 saturated carbocycles. The Morgan fingerprint density at radius 3 is 2.59 bits per heavy atom. The van der Waals surface area contributed by atoms with E-state index in [2.05, 4.69) is 20.0 Å². The number of amides is 1. The van der Waals surface area contributed by atoms with Gasteiger partial charge in [-0.15, -0.1) is 0 Å². The topological polar surface area (TPSA) is 84.1 Å². The molecule has 2 N–H and O–H groups in total. The number of esters is 1. The third kappa shape index (κ3) is 4.24. The summed E-state index contributed by atoms with van der Waals surface area (Å²) in [5, 5.41) is 4.49. The lowest BCUT2D eigenvalue weighted by atomic mass is 10.0. The molecule has 0 bridgehead atoms. The van der Waals surface area contributed by atoms with Gasteiger partial charge in [0.25, 0.3) is 5.91 Å². The van der Waals surface area contributed by atoms with Crippen LogP contribution in [-0.2, 0) is 22.6 Å². The zero-order valence-electron chi connectivity index (χ0n) is 17.7. The number of carbonyl (C=O) groups is 2. The Balaban J connectivity index is 1.39. The quantitative estimate of drug-likeness (QED) is 0.425. The number of aromatic nitrogens is 2. The Bertz CT molecular complexity index is 1430. The fraction of sp³-hybridized carbons (Fsp3) is 0.160. The highest BCUT2D eigenvalue weighted by molar-refractivity contribution is 5.98. The van der Waals surface area contributed by atoms with Crippen molar-refractivity contribution in [1.82, 2.24) is 15.3 Å². The molecule has 5 rings (SSSR count). The zero-order valence-corrected chi connectivity index (χ0v) is 17.7. The summed E-state index contributed by atoms with van der Waals surface area (Å²) in [7, 11) is 0. The number of fused-ring (bicyclic) bond motifs is 2. The number of benzene rings is 2. The Morgan fingerprint density at radius 1 is 1.00 bits per heavy atom. The van der Waals surface area contributed by atoms with Gasteiger partial charge in [-0.05, 0) is 46.7 Å². The van der Waals surface area contributed by atoms with Crippen LogP contribution in [0.3, 0.4) is 0 Å². The van der Waals surface area contributed by atoms with E-state index in [-0.39, 0.29) is 5.91 Å². The van der Waals surface area contributed by atoms with E-state index in [0.717, 1.165) is 45.4 Å². The first-order valence-electron chi connectivity index (χ1n) is 10.5. The molecule has 0 spiro atoms. The summed E-state index contributed by atoms with van der Waals surface area (Å²) in [6, 6.07) is 16.3. The number of aromatic amines is 1. The van der Waals surface area contributed by atoms with E-state index in [1.54, 1.807) is 24.4 Å². The van der Waals surface area contributed by atoms with Crippen LogP contribution >= 0.6 is 0 Å². The number of hydrogen-bond acceptors (Lipinski definition) is 4. The van der Waals surface area contributed by atoms with Gasteiger partial charge in [0.15, 0.2) is 0 Å². The lowest BCUT2D eigenvalue weighted by molar-refractivity contribution is -0.201. The smallest absolute Gasteiger partial charge is 0.454 e. The van der Waals surface area contributed by atoms with E-state index < -0.39 is 18.8 Å². The Hall–Kier alpha value is -4.14.